The Balaban J connectivity index is 1.97. The highest BCUT2D eigenvalue weighted by molar-refractivity contribution is 9.10. The minimum absolute atomic E-state index is 0.136. The van der Waals surface area contributed by atoms with Crippen molar-refractivity contribution in [1.29, 1.82) is 0 Å². The molecule has 4 nitrogen and oxygen atoms in total. The minimum Gasteiger partial charge on any atom is -0.320 e. The van der Waals surface area contributed by atoms with Crippen LogP contribution in [0.15, 0.2) is 16.6 Å². The molecule has 0 spiro atoms. The van der Waals surface area contributed by atoms with Gasteiger partial charge in [0.25, 0.3) is 0 Å². The summed E-state index contributed by atoms with van der Waals surface area (Å²) < 4.78 is 27.5. The second-order valence-corrected chi connectivity index (χ2v) is 5.59. The Hall–Kier alpha value is -1.05. The van der Waals surface area contributed by atoms with Crippen LogP contribution in [0, 0.1) is 11.6 Å². The molecule has 1 amide bonds. The van der Waals surface area contributed by atoms with Gasteiger partial charge in [-0.05, 0) is 31.6 Å². The number of nitrogens with one attached hydrogen (secondary N) is 2. The highest BCUT2D eigenvalue weighted by atomic mass is 79.9. The van der Waals surface area contributed by atoms with E-state index in [4.69, 9.17) is 0 Å². The molecule has 1 heterocycles. The molecule has 110 valence electrons. The van der Waals surface area contributed by atoms with E-state index in [2.05, 4.69) is 26.6 Å². The van der Waals surface area contributed by atoms with Gasteiger partial charge in [0.1, 0.15) is 5.69 Å². The van der Waals surface area contributed by atoms with Crippen molar-refractivity contribution in [3.05, 3.63) is 28.2 Å². The molecule has 0 aromatic heterocycles. The third kappa shape index (κ3) is 4.22. The monoisotopic (exact) mass is 347 g/mol. The van der Waals surface area contributed by atoms with E-state index < -0.39 is 23.2 Å². The van der Waals surface area contributed by atoms with Crippen LogP contribution in [0.5, 0.6) is 0 Å². The van der Waals surface area contributed by atoms with Crippen LogP contribution in [-0.2, 0) is 4.79 Å². The molecule has 1 aliphatic heterocycles. The number of amides is 1. The Morgan fingerprint density at radius 1 is 1.30 bits per heavy atom. The van der Waals surface area contributed by atoms with Gasteiger partial charge in [0.2, 0.25) is 5.91 Å². The van der Waals surface area contributed by atoms with Gasteiger partial charge in [-0.25, -0.2) is 8.78 Å². The first kappa shape index (κ1) is 15.3. The third-order valence-corrected chi connectivity index (χ3v) is 3.53. The predicted octanol–water partition coefficient (Wildman–Crippen LogP) is 1.96. The molecule has 1 aromatic rings. The first-order valence-corrected chi connectivity index (χ1v) is 7.23. The molecule has 20 heavy (non-hydrogen) atoms. The van der Waals surface area contributed by atoms with Gasteiger partial charge in [-0.3, -0.25) is 9.69 Å². The number of hydrogen-bond donors (Lipinski definition) is 2. The summed E-state index contributed by atoms with van der Waals surface area (Å²) in [5.41, 5.74) is -0.397. The number of halogens is 3. The summed E-state index contributed by atoms with van der Waals surface area (Å²) in [5.74, 6) is -1.99. The maximum atomic E-state index is 13.6. The fourth-order valence-corrected chi connectivity index (χ4v) is 2.51. The molecule has 1 fully saturated rings. The molecular formula is C13H16BrF2N3O. The molecule has 7 heteroatoms. The zero-order chi connectivity index (χ0) is 14.5. The van der Waals surface area contributed by atoms with Crippen molar-refractivity contribution in [2.24, 2.45) is 0 Å². The highest BCUT2D eigenvalue weighted by Gasteiger charge is 2.16. The second-order valence-electron chi connectivity index (χ2n) is 4.67. The Kier molecular flexibility index (Phi) is 5.45. The second kappa shape index (κ2) is 7.10. The van der Waals surface area contributed by atoms with Gasteiger partial charge in [0.15, 0.2) is 11.6 Å². The van der Waals surface area contributed by atoms with E-state index in [1.165, 1.54) is 0 Å². The zero-order valence-electron chi connectivity index (χ0n) is 10.9. The van der Waals surface area contributed by atoms with Gasteiger partial charge in [-0.15, -0.1) is 0 Å². The number of rotatable bonds is 3. The average Bonchev–Trinajstić information content (AvgIpc) is 2.62. The van der Waals surface area contributed by atoms with Crippen LogP contribution >= 0.6 is 15.9 Å². The molecule has 0 aliphatic carbocycles. The fraction of sp³-hybridized carbons (Fsp3) is 0.462. The molecule has 2 N–H and O–H groups in total. The molecule has 0 atom stereocenters. The summed E-state index contributed by atoms with van der Waals surface area (Å²) in [4.78, 5) is 13.8. The van der Waals surface area contributed by atoms with E-state index in [1.54, 1.807) is 0 Å². The van der Waals surface area contributed by atoms with Crippen LogP contribution in [0.25, 0.3) is 0 Å². The lowest BCUT2D eigenvalue weighted by molar-refractivity contribution is -0.117. The molecule has 1 aliphatic rings. The van der Waals surface area contributed by atoms with Crippen molar-refractivity contribution in [2.45, 2.75) is 6.42 Å². The van der Waals surface area contributed by atoms with Crippen LogP contribution in [0.4, 0.5) is 14.5 Å². The molecule has 1 aromatic carbocycles. The van der Waals surface area contributed by atoms with Crippen molar-refractivity contribution >= 4 is 27.5 Å². The van der Waals surface area contributed by atoms with Gasteiger partial charge in [0, 0.05) is 17.6 Å². The van der Waals surface area contributed by atoms with Crippen LogP contribution in [-0.4, -0.2) is 43.5 Å². The van der Waals surface area contributed by atoms with E-state index in [0.29, 0.717) is 4.47 Å². The number of carbonyl (C=O) groups excluding carboxylic acids is 1. The lowest BCUT2D eigenvalue weighted by atomic mass is 10.3. The van der Waals surface area contributed by atoms with Crippen molar-refractivity contribution in [2.75, 3.05) is 38.0 Å². The average molecular weight is 348 g/mol. The zero-order valence-corrected chi connectivity index (χ0v) is 12.5. The Labute approximate surface area is 124 Å². The standard InChI is InChI=1S/C13H16BrF2N3O/c14-9-6-10(15)13(11(16)7-9)18-12(20)8-19-4-1-2-17-3-5-19/h6-7,17H,1-5,8H2,(H,18,20). The summed E-state index contributed by atoms with van der Waals surface area (Å²) in [6.45, 7) is 3.42. The number of benzene rings is 1. The van der Waals surface area contributed by atoms with Gasteiger partial charge in [-0.1, -0.05) is 15.9 Å². The van der Waals surface area contributed by atoms with Crippen molar-refractivity contribution in [1.82, 2.24) is 10.2 Å². The number of hydrogen-bond acceptors (Lipinski definition) is 3. The molecule has 0 unspecified atom stereocenters. The van der Waals surface area contributed by atoms with Crippen molar-refractivity contribution < 1.29 is 13.6 Å². The summed E-state index contributed by atoms with van der Waals surface area (Å²) >= 11 is 2.99. The largest absolute Gasteiger partial charge is 0.320 e. The SMILES string of the molecule is O=C(CN1CCCNCC1)Nc1c(F)cc(Br)cc1F. The smallest absolute Gasteiger partial charge is 0.238 e. The summed E-state index contributed by atoms with van der Waals surface area (Å²) in [7, 11) is 0. The van der Waals surface area contributed by atoms with Crippen LogP contribution < -0.4 is 10.6 Å². The van der Waals surface area contributed by atoms with E-state index in [9.17, 15) is 13.6 Å². The fourth-order valence-electron chi connectivity index (χ4n) is 2.10. The Morgan fingerprint density at radius 2 is 2.00 bits per heavy atom. The molecule has 2 rings (SSSR count). The quantitative estimate of drug-likeness (QED) is 0.878. The molecule has 1 saturated heterocycles. The van der Waals surface area contributed by atoms with E-state index >= 15 is 0 Å². The first-order valence-electron chi connectivity index (χ1n) is 6.44. The van der Waals surface area contributed by atoms with E-state index in [-0.39, 0.29) is 6.54 Å². The third-order valence-electron chi connectivity index (χ3n) is 3.07. The van der Waals surface area contributed by atoms with E-state index in [0.717, 1.165) is 44.7 Å². The van der Waals surface area contributed by atoms with Crippen LogP contribution in [0.2, 0.25) is 0 Å². The first-order chi connectivity index (χ1) is 9.56. The van der Waals surface area contributed by atoms with Gasteiger partial charge in [0.05, 0.1) is 6.54 Å². The minimum atomic E-state index is -0.789. The maximum Gasteiger partial charge on any atom is 0.238 e. The summed E-state index contributed by atoms with van der Waals surface area (Å²) in [6.07, 6.45) is 0.953. The normalized spacial score (nSPS) is 16.8. The Morgan fingerprint density at radius 3 is 2.70 bits per heavy atom. The van der Waals surface area contributed by atoms with Gasteiger partial charge in [-0.2, -0.15) is 0 Å². The number of nitrogens with zero attached hydrogens (tertiary/aromatic N) is 1. The highest BCUT2D eigenvalue weighted by Crippen LogP contribution is 2.23. The molecular weight excluding hydrogens is 332 g/mol. The van der Waals surface area contributed by atoms with Crippen LogP contribution in [0.3, 0.4) is 0 Å². The van der Waals surface area contributed by atoms with Gasteiger partial charge >= 0.3 is 0 Å². The molecule has 0 bridgehead atoms. The van der Waals surface area contributed by atoms with E-state index in [1.807, 2.05) is 4.90 Å². The topological polar surface area (TPSA) is 44.4 Å². The van der Waals surface area contributed by atoms with Crippen molar-refractivity contribution in [3.63, 3.8) is 0 Å². The maximum absolute atomic E-state index is 13.6. The Bertz CT molecular complexity index is 467. The van der Waals surface area contributed by atoms with Crippen LogP contribution in [0.1, 0.15) is 6.42 Å². The number of carbonyl (C=O) groups is 1. The molecule has 0 radical (unpaired) electrons. The lowest BCUT2D eigenvalue weighted by Gasteiger charge is -2.18. The molecule has 0 saturated carbocycles. The van der Waals surface area contributed by atoms with Crippen molar-refractivity contribution in [3.8, 4) is 0 Å². The summed E-state index contributed by atoms with van der Waals surface area (Å²) in [6, 6.07) is 2.24. The lowest BCUT2D eigenvalue weighted by Crippen LogP contribution is -2.36. The number of anilines is 1. The predicted molar refractivity (Wildman–Crippen MR) is 76.6 cm³/mol. The summed E-state index contributed by atoms with van der Waals surface area (Å²) in [5, 5.41) is 5.53. The van der Waals surface area contributed by atoms with Gasteiger partial charge < -0.3 is 10.6 Å².